The van der Waals surface area contributed by atoms with Gasteiger partial charge in [-0.2, -0.15) is 0 Å². The van der Waals surface area contributed by atoms with Gasteiger partial charge in [-0.15, -0.1) is 0 Å². The van der Waals surface area contributed by atoms with E-state index in [4.69, 9.17) is 45.6 Å². The largest absolute Gasteiger partial charge is 0.477 e. The molecule has 1 aromatic rings. The quantitative estimate of drug-likeness (QED) is 0.760. The number of aromatic carboxylic acids is 1. The minimum Gasteiger partial charge on any atom is -0.477 e. The highest BCUT2D eigenvalue weighted by molar-refractivity contribution is 7.17. The molecule has 0 bridgehead atoms. The number of carboxylic acid groups (broad SMARTS) is 1. The zero-order valence-electron chi connectivity index (χ0n) is 5.92. The summed E-state index contributed by atoms with van der Waals surface area (Å²) in [5.41, 5.74) is 5.14. The highest BCUT2D eigenvalue weighted by Gasteiger charge is 2.32. The van der Waals surface area contributed by atoms with Crippen LogP contribution in [0.25, 0.3) is 0 Å². The Bertz CT molecular complexity index is 346. The van der Waals surface area contributed by atoms with Crippen LogP contribution in [0.3, 0.4) is 0 Å². The molecule has 1 heterocycles. The maximum absolute atomic E-state index is 10.6. The average Bonchev–Trinajstić information content (AvgIpc) is 2.29. The molecule has 0 radical (unpaired) electrons. The summed E-state index contributed by atoms with van der Waals surface area (Å²) in [7, 11) is 0. The topological polar surface area (TPSA) is 76.2 Å². The van der Waals surface area contributed by atoms with Gasteiger partial charge in [0, 0.05) is 0 Å². The lowest BCUT2D eigenvalue weighted by atomic mass is 10.4. The molecule has 0 fully saturated rings. The van der Waals surface area contributed by atoms with E-state index in [0.717, 1.165) is 11.3 Å². The van der Waals surface area contributed by atoms with Crippen LogP contribution >= 0.6 is 46.1 Å². The molecule has 0 saturated carbocycles. The summed E-state index contributed by atoms with van der Waals surface area (Å²) in [5, 5.41) is 8.74. The average molecular weight is 262 g/mol. The molecule has 4 nitrogen and oxygen atoms in total. The van der Waals surface area contributed by atoms with Gasteiger partial charge >= 0.3 is 5.97 Å². The molecule has 1 aromatic heterocycles. The molecule has 72 valence electrons. The van der Waals surface area contributed by atoms with E-state index < -0.39 is 9.76 Å². The van der Waals surface area contributed by atoms with Gasteiger partial charge in [0.05, 0.1) is 0 Å². The van der Waals surface area contributed by atoms with Gasteiger partial charge in [-0.3, -0.25) is 0 Å². The van der Waals surface area contributed by atoms with Crippen LogP contribution in [0.2, 0.25) is 0 Å². The molecule has 0 atom stereocenters. The number of carboxylic acids is 1. The Labute approximate surface area is 92.2 Å². The molecule has 0 aliphatic carbocycles. The predicted octanol–water partition coefficient (Wildman–Crippen LogP) is 2.25. The summed E-state index contributed by atoms with van der Waals surface area (Å²) in [4.78, 5) is 14.1. The van der Waals surface area contributed by atoms with Crippen molar-refractivity contribution in [3.05, 3.63) is 10.6 Å². The van der Waals surface area contributed by atoms with Gasteiger partial charge in [-0.25, -0.2) is 9.78 Å². The number of hydrogen-bond acceptors (Lipinski definition) is 4. The van der Waals surface area contributed by atoms with E-state index in [2.05, 4.69) is 4.98 Å². The van der Waals surface area contributed by atoms with Gasteiger partial charge in [0.15, 0.2) is 5.13 Å². The Balaban J connectivity index is 3.28. The second-order valence-corrected chi connectivity index (χ2v) is 5.34. The molecule has 0 aliphatic heterocycles. The van der Waals surface area contributed by atoms with Gasteiger partial charge in [0.1, 0.15) is 10.6 Å². The van der Waals surface area contributed by atoms with Crippen molar-refractivity contribution in [1.29, 1.82) is 0 Å². The highest BCUT2D eigenvalue weighted by Crippen LogP contribution is 2.41. The molecule has 8 heteroatoms. The Morgan fingerprint density at radius 2 is 2.08 bits per heavy atom. The molecule has 0 spiro atoms. The van der Waals surface area contributed by atoms with Crippen molar-refractivity contribution in [1.82, 2.24) is 4.98 Å². The number of anilines is 1. The minimum atomic E-state index is -1.86. The van der Waals surface area contributed by atoms with Crippen molar-refractivity contribution >= 4 is 57.2 Å². The number of nitrogens with zero attached hydrogens (tertiary/aromatic N) is 1. The van der Waals surface area contributed by atoms with Crippen LogP contribution in [0.15, 0.2) is 0 Å². The normalized spacial score (nSPS) is 11.6. The lowest BCUT2D eigenvalue weighted by Crippen LogP contribution is -2.08. The van der Waals surface area contributed by atoms with Crippen LogP contribution in [0.5, 0.6) is 0 Å². The number of thiazole rings is 1. The van der Waals surface area contributed by atoms with Crippen LogP contribution in [-0.4, -0.2) is 16.1 Å². The summed E-state index contributed by atoms with van der Waals surface area (Å²) < 4.78 is -1.86. The number of aromatic nitrogens is 1. The van der Waals surface area contributed by atoms with E-state index >= 15 is 0 Å². The molecular weight excluding hydrogens is 258 g/mol. The van der Waals surface area contributed by atoms with E-state index in [-0.39, 0.29) is 15.7 Å². The number of alkyl halides is 3. The van der Waals surface area contributed by atoms with E-state index in [1.54, 1.807) is 0 Å². The van der Waals surface area contributed by atoms with Crippen LogP contribution in [0.4, 0.5) is 5.13 Å². The van der Waals surface area contributed by atoms with E-state index in [1.165, 1.54) is 0 Å². The number of halogens is 3. The van der Waals surface area contributed by atoms with Crippen molar-refractivity contribution in [3.63, 3.8) is 0 Å². The first-order chi connectivity index (χ1) is 5.82. The fraction of sp³-hybridized carbons (Fsp3) is 0.200. The summed E-state index contributed by atoms with van der Waals surface area (Å²) in [6.07, 6.45) is 0. The van der Waals surface area contributed by atoms with Crippen molar-refractivity contribution in [3.8, 4) is 0 Å². The van der Waals surface area contributed by atoms with E-state index in [0.29, 0.717) is 0 Å². The maximum atomic E-state index is 10.6. The second kappa shape index (κ2) is 3.49. The van der Waals surface area contributed by atoms with Gasteiger partial charge < -0.3 is 10.8 Å². The first kappa shape index (κ1) is 10.8. The fourth-order valence-corrected chi connectivity index (χ4v) is 1.98. The third-order valence-electron chi connectivity index (χ3n) is 1.11. The van der Waals surface area contributed by atoms with Crippen LogP contribution in [-0.2, 0) is 3.79 Å². The Hall–Kier alpha value is -0.230. The van der Waals surface area contributed by atoms with Crippen LogP contribution in [0, 0.1) is 0 Å². The fourth-order valence-electron chi connectivity index (χ4n) is 0.674. The first-order valence-corrected chi connectivity index (χ1v) is 4.84. The Kier molecular flexibility index (Phi) is 2.91. The summed E-state index contributed by atoms with van der Waals surface area (Å²) in [6, 6.07) is 0. The number of carbonyl (C=O) groups is 1. The second-order valence-electron chi connectivity index (χ2n) is 2.03. The minimum absolute atomic E-state index is 0.0544. The zero-order chi connectivity index (χ0) is 10.2. The monoisotopic (exact) mass is 260 g/mol. The van der Waals surface area contributed by atoms with Crippen molar-refractivity contribution < 1.29 is 9.90 Å². The number of nitrogens with two attached hydrogens (primary N) is 1. The van der Waals surface area contributed by atoms with Crippen molar-refractivity contribution in [2.75, 3.05) is 5.73 Å². The summed E-state index contributed by atoms with van der Waals surface area (Å²) in [5.74, 6) is -1.21. The Morgan fingerprint density at radius 3 is 2.38 bits per heavy atom. The van der Waals surface area contributed by atoms with Crippen LogP contribution in [0.1, 0.15) is 15.4 Å². The van der Waals surface area contributed by atoms with Gasteiger partial charge in [-0.1, -0.05) is 46.1 Å². The molecule has 13 heavy (non-hydrogen) atoms. The lowest BCUT2D eigenvalue weighted by molar-refractivity contribution is 0.0701. The SMILES string of the molecule is Nc1nc(C(Cl)(Cl)Cl)c(C(=O)O)s1. The molecule has 0 saturated heterocycles. The standard InChI is InChI=1S/C5H3Cl3N2O2S/c6-5(7,8)2-1(3(11)12)13-4(9)10-2/h(H2,9,10)(H,11,12). The zero-order valence-corrected chi connectivity index (χ0v) is 9.01. The van der Waals surface area contributed by atoms with E-state index in [9.17, 15) is 4.79 Å². The molecule has 0 aliphatic rings. The number of nitrogen functional groups attached to an aromatic ring is 1. The summed E-state index contributed by atoms with van der Waals surface area (Å²) >= 11 is 17.2. The predicted molar refractivity (Wildman–Crippen MR) is 52.7 cm³/mol. The molecule has 3 N–H and O–H groups in total. The Morgan fingerprint density at radius 1 is 1.54 bits per heavy atom. The first-order valence-electron chi connectivity index (χ1n) is 2.89. The van der Waals surface area contributed by atoms with Gasteiger partial charge in [0.2, 0.25) is 3.79 Å². The maximum Gasteiger partial charge on any atom is 0.348 e. The molecule has 0 amide bonds. The molecule has 0 unspecified atom stereocenters. The summed E-state index contributed by atoms with van der Waals surface area (Å²) in [6.45, 7) is 0. The van der Waals surface area contributed by atoms with Crippen molar-refractivity contribution in [2.24, 2.45) is 0 Å². The van der Waals surface area contributed by atoms with Gasteiger partial charge in [0.25, 0.3) is 0 Å². The molecule has 1 rings (SSSR count). The van der Waals surface area contributed by atoms with E-state index in [1.807, 2.05) is 0 Å². The third-order valence-corrected chi connectivity index (χ3v) is 2.52. The molecule has 0 aromatic carbocycles. The lowest BCUT2D eigenvalue weighted by Gasteiger charge is -2.07. The number of rotatable bonds is 1. The molecular formula is C5H3Cl3N2O2S. The highest BCUT2D eigenvalue weighted by atomic mass is 35.6. The smallest absolute Gasteiger partial charge is 0.348 e. The number of hydrogen-bond donors (Lipinski definition) is 2. The van der Waals surface area contributed by atoms with Crippen LogP contribution < -0.4 is 5.73 Å². The van der Waals surface area contributed by atoms with Crippen molar-refractivity contribution in [2.45, 2.75) is 3.79 Å². The van der Waals surface area contributed by atoms with Gasteiger partial charge in [-0.05, 0) is 0 Å². The third kappa shape index (κ3) is 2.37.